The predicted molar refractivity (Wildman–Crippen MR) is 101 cm³/mol. The Morgan fingerprint density at radius 1 is 1.23 bits per heavy atom. The van der Waals surface area contributed by atoms with Gasteiger partial charge < -0.3 is 15.0 Å². The van der Waals surface area contributed by atoms with Crippen LogP contribution in [0.25, 0.3) is 0 Å². The third-order valence-corrected chi connectivity index (χ3v) is 5.74. The Balaban J connectivity index is 1.80. The molecule has 0 radical (unpaired) electrons. The standard InChI is InChI=1S/C21H30N2O3/c1-3-11-22-20(24)19-14-23(21(25)15-7-4-5-8-15)13-18(19)16-9-6-10-17(12-16)26-2/h6,9-10,12,15,18-19H,3-5,7-8,11,13-14H2,1-2H3,(H,22,24). The van der Waals surface area contributed by atoms with Gasteiger partial charge in [0, 0.05) is 31.5 Å². The molecule has 2 atom stereocenters. The largest absolute Gasteiger partial charge is 0.497 e. The van der Waals surface area contributed by atoms with Gasteiger partial charge in [-0.1, -0.05) is 31.9 Å². The molecular weight excluding hydrogens is 328 g/mol. The number of ether oxygens (including phenoxy) is 1. The second-order valence-corrected chi connectivity index (χ2v) is 7.51. The maximum atomic E-state index is 12.9. The number of benzene rings is 1. The van der Waals surface area contributed by atoms with Crippen molar-refractivity contribution in [3.63, 3.8) is 0 Å². The molecule has 26 heavy (non-hydrogen) atoms. The molecule has 2 fully saturated rings. The molecule has 142 valence electrons. The van der Waals surface area contributed by atoms with Gasteiger partial charge in [0.15, 0.2) is 0 Å². The molecule has 1 heterocycles. The summed E-state index contributed by atoms with van der Waals surface area (Å²) in [5.41, 5.74) is 1.07. The van der Waals surface area contributed by atoms with E-state index in [2.05, 4.69) is 5.32 Å². The highest BCUT2D eigenvalue weighted by Gasteiger charge is 2.42. The summed E-state index contributed by atoms with van der Waals surface area (Å²) in [4.78, 5) is 27.6. The molecule has 1 aromatic rings. The van der Waals surface area contributed by atoms with Crippen molar-refractivity contribution in [2.45, 2.75) is 44.9 Å². The molecule has 0 bridgehead atoms. The lowest BCUT2D eigenvalue weighted by Crippen LogP contribution is -2.37. The Labute approximate surface area is 156 Å². The van der Waals surface area contributed by atoms with Gasteiger partial charge >= 0.3 is 0 Å². The number of carbonyl (C=O) groups is 2. The second kappa shape index (κ2) is 8.56. The van der Waals surface area contributed by atoms with Crippen molar-refractivity contribution < 1.29 is 14.3 Å². The number of amides is 2. The summed E-state index contributed by atoms with van der Waals surface area (Å²) in [6.07, 6.45) is 5.18. The number of carbonyl (C=O) groups excluding carboxylic acids is 2. The summed E-state index contributed by atoms with van der Waals surface area (Å²) in [6, 6.07) is 7.90. The first-order chi connectivity index (χ1) is 12.6. The minimum atomic E-state index is -0.195. The quantitative estimate of drug-likeness (QED) is 0.850. The van der Waals surface area contributed by atoms with Gasteiger partial charge in [0.25, 0.3) is 0 Å². The first-order valence-corrected chi connectivity index (χ1v) is 9.84. The van der Waals surface area contributed by atoms with Crippen LogP contribution in [0.2, 0.25) is 0 Å². The van der Waals surface area contributed by atoms with Crippen LogP contribution in [0.1, 0.15) is 50.5 Å². The van der Waals surface area contributed by atoms with E-state index in [-0.39, 0.29) is 29.6 Å². The molecular formula is C21H30N2O3. The predicted octanol–water partition coefficient (Wildman–Crippen LogP) is 2.95. The van der Waals surface area contributed by atoms with Gasteiger partial charge in [0.2, 0.25) is 11.8 Å². The van der Waals surface area contributed by atoms with Gasteiger partial charge in [-0.3, -0.25) is 9.59 Å². The van der Waals surface area contributed by atoms with Crippen molar-refractivity contribution >= 4 is 11.8 Å². The first kappa shape index (κ1) is 18.7. The number of rotatable bonds is 6. The van der Waals surface area contributed by atoms with Crippen LogP contribution in [0.15, 0.2) is 24.3 Å². The molecule has 2 unspecified atom stereocenters. The molecule has 0 aromatic heterocycles. The highest BCUT2D eigenvalue weighted by molar-refractivity contribution is 5.84. The van der Waals surface area contributed by atoms with Crippen LogP contribution < -0.4 is 10.1 Å². The summed E-state index contributed by atoms with van der Waals surface area (Å²) in [5, 5.41) is 3.02. The smallest absolute Gasteiger partial charge is 0.225 e. The summed E-state index contributed by atoms with van der Waals surface area (Å²) in [6.45, 7) is 3.86. The average molecular weight is 358 g/mol. The van der Waals surface area contributed by atoms with E-state index in [1.807, 2.05) is 36.1 Å². The Morgan fingerprint density at radius 3 is 2.69 bits per heavy atom. The maximum absolute atomic E-state index is 12.9. The number of likely N-dealkylation sites (tertiary alicyclic amines) is 1. The minimum absolute atomic E-state index is 0.0207. The fourth-order valence-corrected chi connectivity index (χ4v) is 4.27. The lowest BCUT2D eigenvalue weighted by Gasteiger charge is -2.20. The van der Waals surface area contributed by atoms with Gasteiger partial charge in [0.1, 0.15) is 5.75 Å². The van der Waals surface area contributed by atoms with Gasteiger partial charge in [-0.05, 0) is 37.0 Å². The molecule has 5 heteroatoms. The van der Waals surface area contributed by atoms with E-state index < -0.39 is 0 Å². The summed E-state index contributed by atoms with van der Waals surface area (Å²) in [5.74, 6) is 1.06. The van der Waals surface area contributed by atoms with Crippen LogP contribution in [0.5, 0.6) is 5.75 Å². The fourth-order valence-electron chi connectivity index (χ4n) is 4.27. The van der Waals surface area contributed by atoms with Crippen LogP contribution in [-0.2, 0) is 9.59 Å². The van der Waals surface area contributed by atoms with E-state index in [1.54, 1.807) is 7.11 Å². The van der Waals surface area contributed by atoms with Crippen molar-refractivity contribution in [3.8, 4) is 5.75 Å². The molecule has 1 saturated carbocycles. The van der Waals surface area contributed by atoms with E-state index in [0.29, 0.717) is 19.6 Å². The third-order valence-electron chi connectivity index (χ3n) is 5.74. The van der Waals surface area contributed by atoms with Crippen molar-refractivity contribution in [2.24, 2.45) is 11.8 Å². The maximum Gasteiger partial charge on any atom is 0.225 e. The Kier molecular flexibility index (Phi) is 6.17. The van der Waals surface area contributed by atoms with Crippen LogP contribution in [0.4, 0.5) is 0 Å². The highest BCUT2D eigenvalue weighted by Crippen LogP contribution is 2.36. The van der Waals surface area contributed by atoms with E-state index in [0.717, 1.165) is 43.4 Å². The monoisotopic (exact) mass is 358 g/mol. The second-order valence-electron chi connectivity index (χ2n) is 7.51. The third kappa shape index (κ3) is 4.02. The lowest BCUT2D eigenvalue weighted by molar-refractivity contribution is -0.134. The van der Waals surface area contributed by atoms with Gasteiger partial charge in [-0.25, -0.2) is 0 Å². The molecule has 5 nitrogen and oxygen atoms in total. The summed E-state index contributed by atoms with van der Waals surface area (Å²) < 4.78 is 5.35. The Morgan fingerprint density at radius 2 is 2.00 bits per heavy atom. The normalized spacial score (nSPS) is 23.2. The number of hydrogen-bond donors (Lipinski definition) is 1. The molecule has 2 amide bonds. The topological polar surface area (TPSA) is 58.6 Å². The van der Waals surface area contributed by atoms with Crippen molar-refractivity contribution in [1.82, 2.24) is 10.2 Å². The summed E-state index contributed by atoms with van der Waals surface area (Å²) >= 11 is 0. The molecule has 1 N–H and O–H groups in total. The molecule has 1 aliphatic heterocycles. The van der Waals surface area contributed by atoms with Crippen LogP contribution in [0, 0.1) is 11.8 Å². The number of methoxy groups -OCH3 is 1. The molecule has 2 aliphatic rings. The molecule has 1 saturated heterocycles. The Bertz CT molecular complexity index is 640. The molecule has 1 aromatic carbocycles. The van der Waals surface area contributed by atoms with E-state index >= 15 is 0 Å². The molecule has 3 rings (SSSR count). The van der Waals surface area contributed by atoms with Gasteiger partial charge in [0.05, 0.1) is 13.0 Å². The van der Waals surface area contributed by atoms with Crippen LogP contribution >= 0.6 is 0 Å². The van der Waals surface area contributed by atoms with Crippen LogP contribution in [0.3, 0.4) is 0 Å². The zero-order valence-corrected chi connectivity index (χ0v) is 15.9. The van der Waals surface area contributed by atoms with Crippen LogP contribution in [-0.4, -0.2) is 43.5 Å². The van der Waals surface area contributed by atoms with Crippen molar-refractivity contribution in [2.75, 3.05) is 26.7 Å². The minimum Gasteiger partial charge on any atom is -0.497 e. The lowest BCUT2D eigenvalue weighted by atomic mass is 9.88. The Hall–Kier alpha value is -2.04. The van der Waals surface area contributed by atoms with Gasteiger partial charge in [-0.15, -0.1) is 0 Å². The summed E-state index contributed by atoms with van der Waals surface area (Å²) in [7, 11) is 1.65. The highest BCUT2D eigenvalue weighted by atomic mass is 16.5. The number of nitrogens with zero attached hydrogens (tertiary/aromatic N) is 1. The van der Waals surface area contributed by atoms with Gasteiger partial charge in [-0.2, -0.15) is 0 Å². The SMILES string of the molecule is CCCNC(=O)C1CN(C(=O)C2CCCC2)CC1c1cccc(OC)c1. The van der Waals surface area contributed by atoms with E-state index in [4.69, 9.17) is 4.74 Å². The number of nitrogens with one attached hydrogen (secondary N) is 1. The van der Waals surface area contributed by atoms with E-state index in [9.17, 15) is 9.59 Å². The number of hydrogen-bond acceptors (Lipinski definition) is 3. The van der Waals surface area contributed by atoms with Crippen molar-refractivity contribution in [1.29, 1.82) is 0 Å². The van der Waals surface area contributed by atoms with E-state index in [1.165, 1.54) is 0 Å². The van der Waals surface area contributed by atoms with Crippen molar-refractivity contribution in [3.05, 3.63) is 29.8 Å². The fraction of sp³-hybridized carbons (Fsp3) is 0.619. The molecule has 1 aliphatic carbocycles. The zero-order chi connectivity index (χ0) is 18.5. The first-order valence-electron chi connectivity index (χ1n) is 9.84. The average Bonchev–Trinajstić information content (AvgIpc) is 3.35. The molecule has 0 spiro atoms. The zero-order valence-electron chi connectivity index (χ0n) is 15.9.